The Morgan fingerprint density at radius 3 is 2.55 bits per heavy atom. The Hall–Kier alpha value is -4.02. The van der Waals surface area contributed by atoms with Crippen LogP contribution in [0, 0.1) is 6.92 Å². The lowest BCUT2D eigenvalue weighted by Crippen LogP contribution is -2.36. The fraction of sp³-hybridized carbons (Fsp3) is 0.400. The number of likely N-dealkylation sites (tertiary alicyclic amines) is 1. The molecule has 0 bridgehead atoms. The van der Waals surface area contributed by atoms with Gasteiger partial charge in [-0.3, -0.25) is 9.59 Å². The maximum Gasteiger partial charge on any atom is 0.257 e. The molecule has 1 atom stereocenters. The zero-order valence-corrected chi connectivity index (χ0v) is 23.2. The molecule has 3 N–H and O–H groups in total. The van der Waals surface area contributed by atoms with Crippen LogP contribution in [0.25, 0.3) is 0 Å². The van der Waals surface area contributed by atoms with Crippen LogP contribution in [0.2, 0.25) is 0 Å². The van der Waals surface area contributed by atoms with Gasteiger partial charge in [-0.05, 0) is 81.7 Å². The van der Waals surface area contributed by atoms with Gasteiger partial charge in [0.25, 0.3) is 11.8 Å². The highest BCUT2D eigenvalue weighted by molar-refractivity contribution is 6.07. The average Bonchev–Trinajstić information content (AvgIpc) is 3.40. The van der Waals surface area contributed by atoms with Crippen LogP contribution in [-0.2, 0) is 4.74 Å². The molecule has 5 rings (SSSR count). The number of benzene rings is 1. The van der Waals surface area contributed by atoms with Crippen molar-refractivity contribution in [2.75, 3.05) is 67.3 Å². The van der Waals surface area contributed by atoms with Crippen LogP contribution in [0.3, 0.4) is 0 Å². The summed E-state index contributed by atoms with van der Waals surface area (Å²) < 4.78 is 5.41. The van der Waals surface area contributed by atoms with E-state index in [4.69, 9.17) is 4.74 Å². The Morgan fingerprint density at radius 1 is 0.975 bits per heavy atom. The number of carbonyl (C=O) groups excluding carboxylic acids is 2. The number of anilines is 4. The van der Waals surface area contributed by atoms with Crippen molar-refractivity contribution in [3.05, 3.63) is 71.5 Å². The fourth-order valence-electron chi connectivity index (χ4n) is 5.10. The fourth-order valence-corrected chi connectivity index (χ4v) is 5.10. The highest BCUT2D eigenvalue weighted by Crippen LogP contribution is 2.23. The smallest absolute Gasteiger partial charge is 0.257 e. The molecule has 2 aromatic heterocycles. The summed E-state index contributed by atoms with van der Waals surface area (Å²) in [5, 5.41) is 9.24. The van der Waals surface area contributed by atoms with E-state index in [1.165, 1.54) is 19.4 Å². The molecule has 4 heterocycles. The summed E-state index contributed by atoms with van der Waals surface area (Å²) >= 11 is 0. The van der Waals surface area contributed by atoms with Crippen molar-refractivity contribution in [2.45, 2.75) is 32.2 Å². The lowest BCUT2D eigenvalue weighted by Gasteiger charge is -2.27. The summed E-state index contributed by atoms with van der Waals surface area (Å²) in [6.45, 7) is 6.70. The predicted molar refractivity (Wildman–Crippen MR) is 157 cm³/mol. The second kappa shape index (κ2) is 12.9. The Labute approximate surface area is 235 Å². The van der Waals surface area contributed by atoms with Gasteiger partial charge in [-0.1, -0.05) is 6.07 Å². The van der Waals surface area contributed by atoms with E-state index in [2.05, 4.69) is 42.8 Å². The molecule has 0 saturated carbocycles. The molecule has 3 aromatic rings. The molecule has 10 heteroatoms. The van der Waals surface area contributed by atoms with Gasteiger partial charge in [0, 0.05) is 55.0 Å². The van der Waals surface area contributed by atoms with E-state index in [1.807, 2.05) is 25.1 Å². The maximum absolute atomic E-state index is 13.0. The molecule has 2 saturated heterocycles. The molecule has 2 amide bonds. The number of hydrogen-bond donors (Lipinski definition) is 3. The van der Waals surface area contributed by atoms with Gasteiger partial charge in [0.1, 0.15) is 11.6 Å². The minimum absolute atomic E-state index is 0.245. The average molecular weight is 544 g/mol. The monoisotopic (exact) mass is 543 g/mol. The van der Waals surface area contributed by atoms with Crippen LogP contribution < -0.4 is 20.9 Å². The van der Waals surface area contributed by atoms with Gasteiger partial charge >= 0.3 is 0 Å². The van der Waals surface area contributed by atoms with Crippen LogP contribution in [0.4, 0.5) is 23.0 Å². The van der Waals surface area contributed by atoms with Crippen molar-refractivity contribution in [1.82, 2.24) is 14.9 Å². The maximum atomic E-state index is 13.0. The van der Waals surface area contributed by atoms with E-state index in [-0.39, 0.29) is 11.8 Å². The second-order valence-corrected chi connectivity index (χ2v) is 10.4. The number of carbonyl (C=O) groups is 2. The number of amides is 2. The van der Waals surface area contributed by atoms with Gasteiger partial charge in [0.15, 0.2) is 0 Å². The predicted octanol–water partition coefficient (Wildman–Crippen LogP) is 4.02. The molecule has 0 aliphatic carbocycles. The van der Waals surface area contributed by atoms with E-state index in [0.29, 0.717) is 41.8 Å². The Bertz CT molecular complexity index is 1330. The lowest BCUT2D eigenvalue weighted by atomic mass is 10.1. The molecule has 0 spiro atoms. The van der Waals surface area contributed by atoms with Gasteiger partial charge in [-0.2, -0.15) is 0 Å². The molecule has 2 aliphatic heterocycles. The Kier molecular flexibility index (Phi) is 8.87. The number of aryl methyl sites for hydroxylation is 1. The third-order valence-electron chi connectivity index (χ3n) is 7.57. The van der Waals surface area contributed by atoms with Gasteiger partial charge in [0.2, 0.25) is 0 Å². The number of pyridine rings is 2. The summed E-state index contributed by atoms with van der Waals surface area (Å²) in [6.07, 6.45) is 6.80. The van der Waals surface area contributed by atoms with Gasteiger partial charge in [-0.15, -0.1) is 0 Å². The van der Waals surface area contributed by atoms with Gasteiger partial charge < -0.3 is 30.5 Å². The molecule has 2 fully saturated rings. The zero-order chi connectivity index (χ0) is 27.9. The minimum atomic E-state index is -0.262. The first kappa shape index (κ1) is 27.5. The first-order valence-electron chi connectivity index (χ1n) is 13.9. The van der Waals surface area contributed by atoms with E-state index >= 15 is 0 Å². The molecular weight excluding hydrogens is 506 g/mol. The van der Waals surface area contributed by atoms with E-state index in [9.17, 15) is 9.59 Å². The number of nitrogens with zero attached hydrogens (tertiary/aromatic N) is 4. The number of hydrogen-bond acceptors (Lipinski definition) is 8. The topological polar surface area (TPSA) is 112 Å². The van der Waals surface area contributed by atoms with Crippen molar-refractivity contribution in [2.24, 2.45) is 0 Å². The molecule has 2 aliphatic rings. The van der Waals surface area contributed by atoms with Crippen molar-refractivity contribution < 1.29 is 14.3 Å². The summed E-state index contributed by atoms with van der Waals surface area (Å²) in [5.74, 6) is 1.00. The number of aromatic nitrogens is 2. The SMILES string of the molecule is Cc1ccc(NC(=O)c2ccnc(N3CCOCC3)c2)cc1NC(=O)c1ccc(NCC[C@@H]2CCCN2C)nc1. The third kappa shape index (κ3) is 6.94. The highest BCUT2D eigenvalue weighted by atomic mass is 16.5. The summed E-state index contributed by atoms with van der Waals surface area (Å²) in [4.78, 5) is 39.3. The van der Waals surface area contributed by atoms with Crippen molar-refractivity contribution in [3.63, 3.8) is 0 Å². The normalized spacial score (nSPS) is 17.4. The van der Waals surface area contributed by atoms with Gasteiger partial charge in [0.05, 0.1) is 18.8 Å². The zero-order valence-electron chi connectivity index (χ0n) is 23.2. The molecule has 210 valence electrons. The van der Waals surface area contributed by atoms with Crippen LogP contribution in [-0.4, -0.2) is 79.2 Å². The van der Waals surface area contributed by atoms with Crippen LogP contribution in [0.15, 0.2) is 54.9 Å². The van der Waals surface area contributed by atoms with Gasteiger partial charge in [-0.25, -0.2) is 9.97 Å². The van der Waals surface area contributed by atoms with Crippen LogP contribution >= 0.6 is 0 Å². The first-order valence-corrected chi connectivity index (χ1v) is 13.9. The van der Waals surface area contributed by atoms with Crippen molar-refractivity contribution >= 4 is 34.8 Å². The van der Waals surface area contributed by atoms with Crippen molar-refractivity contribution in [3.8, 4) is 0 Å². The van der Waals surface area contributed by atoms with E-state index in [1.54, 1.807) is 36.7 Å². The third-order valence-corrected chi connectivity index (χ3v) is 7.57. The summed E-state index contributed by atoms with van der Waals surface area (Å²) in [7, 11) is 2.18. The number of nitrogens with one attached hydrogen (secondary N) is 3. The van der Waals surface area contributed by atoms with Crippen molar-refractivity contribution in [1.29, 1.82) is 0 Å². The lowest BCUT2D eigenvalue weighted by molar-refractivity contribution is 0.101. The second-order valence-electron chi connectivity index (χ2n) is 10.4. The molecule has 0 unspecified atom stereocenters. The Morgan fingerprint density at radius 2 is 1.80 bits per heavy atom. The highest BCUT2D eigenvalue weighted by Gasteiger charge is 2.20. The Balaban J connectivity index is 1.17. The number of ether oxygens (including phenoxy) is 1. The quantitative estimate of drug-likeness (QED) is 0.371. The number of rotatable bonds is 9. The standard InChI is InChI=1S/C30H37N7O3/c1-21-5-7-24(34-29(38)22-9-11-32-28(18-22)37-14-16-40-17-15-37)19-26(21)35-30(39)23-6-8-27(33-20-23)31-12-10-25-4-3-13-36(25)2/h5-9,11,18-20,25H,3-4,10,12-17H2,1-2H3,(H,31,33)(H,34,38)(H,35,39)/t25-/m0/s1. The summed E-state index contributed by atoms with van der Waals surface area (Å²) in [6, 6.07) is 13.1. The van der Waals surface area contributed by atoms with Crippen LogP contribution in [0.1, 0.15) is 45.5 Å². The number of morpholine rings is 1. The van der Waals surface area contributed by atoms with E-state index < -0.39 is 0 Å². The molecule has 1 aromatic carbocycles. The molecule has 40 heavy (non-hydrogen) atoms. The van der Waals surface area contributed by atoms with E-state index in [0.717, 1.165) is 43.3 Å². The first-order chi connectivity index (χ1) is 19.5. The molecule has 10 nitrogen and oxygen atoms in total. The summed E-state index contributed by atoms with van der Waals surface area (Å²) in [5.41, 5.74) is 3.06. The van der Waals surface area contributed by atoms with Crippen LogP contribution in [0.5, 0.6) is 0 Å². The molecular formula is C30H37N7O3. The molecule has 0 radical (unpaired) electrons. The largest absolute Gasteiger partial charge is 0.378 e. The minimum Gasteiger partial charge on any atom is -0.378 e.